The van der Waals surface area contributed by atoms with Gasteiger partial charge in [0.2, 0.25) is 0 Å². The van der Waals surface area contributed by atoms with Crippen molar-refractivity contribution in [1.82, 2.24) is 0 Å². The van der Waals surface area contributed by atoms with E-state index in [9.17, 15) is 9.59 Å². The lowest BCUT2D eigenvalue weighted by Gasteiger charge is -2.24. The Bertz CT molecular complexity index is 756. The molecule has 28 heavy (non-hydrogen) atoms. The summed E-state index contributed by atoms with van der Waals surface area (Å²) < 4.78 is 10.0. The summed E-state index contributed by atoms with van der Waals surface area (Å²) in [5, 5.41) is 4.22. The van der Waals surface area contributed by atoms with Crippen LogP contribution in [0.5, 0.6) is 0 Å². The van der Waals surface area contributed by atoms with Crippen LogP contribution in [0.25, 0.3) is 0 Å². The molecular formula is C21H25N3O4. The zero-order chi connectivity index (χ0) is 20.2. The zero-order valence-electron chi connectivity index (χ0n) is 16.1. The van der Waals surface area contributed by atoms with E-state index in [1.165, 1.54) is 13.8 Å². The van der Waals surface area contributed by atoms with Crippen molar-refractivity contribution in [3.05, 3.63) is 60.2 Å². The van der Waals surface area contributed by atoms with Gasteiger partial charge in [0.15, 0.2) is 0 Å². The molecule has 0 aliphatic carbocycles. The summed E-state index contributed by atoms with van der Waals surface area (Å²) >= 11 is 0. The first-order valence-electron chi connectivity index (χ1n) is 9.00. The number of carbonyl (C=O) groups is 2. The first kappa shape index (κ1) is 21.0. The molecule has 2 aromatic carbocycles. The lowest BCUT2D eigenvalue weighted by Crippen LogP contribution is -2.31. The third-order valence-electron chi connectivity index (χ3n) is 3.77. The van der Waals surface area contributed by atoms with Crippen molar-refractivity contribution >= 4 is 29.5 Å². The van der Waals surface area contributed by atoms with Crippen LogP contribution in [0.4, 0.5) is 11.4 Å². The van der Waals surface area contributed by atoms with E-state index in [0.717, 1.165) is 16.9 Å². The molecular weight excluding hydrogens is 358 g/mol. The number of esters is 2. The first-order valence-corrected chi connectivity index (χ1v) is 9.00. The van der Waals surface area contributed by atoms with E-state index in [0.29, 0.717) is 13.1 Å². The fourth-order valence-corrected chi connectivity index (χ4v) is 2.43. The largest absolute Gasteiger partial charge is 0.464 e. The average Bonchev–Trinajstić information content (AvgIpc) is 2.68. The van der Waals surface area contributed by atoms with E-state index in [1.807, 2.05) is 59.5 Å². The summed E-state index contributed by atoms with van der Waals surface area (Å²) in [4.78, 5) is 24.0. The average molecular weight is 383 g/mol. The zero-order valence-corrected chi connectivity index (χ0v) is 16.1. The number of benzene rings is 2. The number of rotatable bonds is 10. The Morgan fingerprint density at radius 3 is 2.04 bits per heavy atom. The van der Waals surface area contributed by atoms with Crippen LogP contribution in [-0.4, -0.2) is 44.5 Å². The summed E-state index contributed by atoms with van der Waals surface area (Å²) in [5.74, 6) is -0.644. The number of anilines is 2. The Hall–Kier alpha value is -3.35. The topological polar surface area (TPSA) is 80.2 Å². The van der Waals surface area contributed by atoms with Crippen molar-refractivity contribution in [2.24, 2.45) is 5.10 Å². The molecule has 7 heteroatoms. The quantitative estimate of drug-likeness (QED) is 0.386. The molecule has 148 valence electrons. The second kappa shape index (κ2) is 11.4. The van der Waals surface area contributed by atoms with Gasteiger partial charge in [-0.15, -0.1) is 0 Å². The highest BCUT2D eigenvalue weighted by atomic mass is 16.5. The standard InChI is InChI=1S/C21H25N3O4/c1-17(25)27-14-12-24(13-15-28-18(2)26)21-10-8-19(9-11-21)16-22-23-20-6-4-3-5-7-20/h3-11,16,23H,12-15H2,1-2H3. The molecule has 0 saturated heterocycles. The number of nitrogens with one attached hydrogen (secondary N) is 1. The highest BCUT2D eigenvalue weighted by molar-refractivity contribution is 5.81. The van der Waals surface area contributed by atoms with Crippen molar-refractivity contribution in [3.8, 4) is 0 Å². The summed E-state index contributed by atoms with van der Waals surface area (Å²) in [6.45, 7) is 4.29. The molecule has 0 fully saturated rings. The third kappa shape index (κ3) is 7.90. The van der Waals surface area contributed by atoms with Crippen LogP contribution in [-0.2, 0) is 19.1 Å². The van der Waals surface area contributed by atoms with Crippen LogP contribution in [0, 0.1) is 0 Å². The minimum absolute atomic E-state index is 0.264. The first-order chi connectivity index (χ1) is 13.5. The number of hydrogen-bond acceptors (Lipinski definition) is 7. The van der Waals surface area contributed by atoms with Crippen molar-refractivity contribution in [3.63, 3.8) is 0 Å². The van der Waals surface area contributed by atoms with E-state index >= 15 is 0 Å². The molecule has 0 radical (unpaired) electrons. The second-order valence-corrected chi connectivity index (χ2v) is 5.99. The Labute approximate surface area is 164 Å². The molecule has 0 saturated carbocycles. The van der Waals surface area contributed by atoms with Gasteiger partial charge in [-0.05, 0) is 29.8 Å². The molecule has 0 amide bonds. The predicted molar refractivity (Wildman–Crippen MR) is 110 cm³/mol. The van der Waals surface area contributed by atoms with Gasteiger partial charge in [-0.2, -0.15) is 5.10 Å². The molecule has 0 spiro atoms. The molecule has 2 aromatic rings. The monoisotopic (exact) mass is 383 g/mol. The highest BCUT2D eigenvalue weighted by Crippen LogP contribution is 2.15. The van der Waals surface area contributed by atoms with E-state index < -0.39 is 0 Å². The minimum Gasteiger partial charge on any atom is -0.464 e. The van der Waals surface area contributed by atoms with Crippen LogP contribution in [0.15, 0.2) is 59.7 Å². The summed E-state index contributed by atoms with van der Waals surface area (Å²) in [5.41, 5.74) is 5.76. The molecule has 0 aromatic heterocycles. The number of hydrazone groups is 1. The van der Waals surface area contributed by atoms with Crippen LogP contribution < -0.4 is 10.3 Å². The van der Waals surface area contributed by atoms with Crippen LogP contribution in [0.2, 0.25) is 0 Å². The number of ether oxygens (including phenoxy) is 2. The molecule has 0 bridgehead atoms. The lowest BCUT2D eigenvalue weighted by atomic mass is 10.2. The molecule has 0 aliphatic heterocycles. The highest BCUT2D eigenvalue weighted by Gasteiger charge is 2.08. The number of hydrogen-bond donors (Lipinski definition) is 1. The number of nitrogens with zero attached hydrogens (tertiary/aromatic N) is 2. The molecule has 1 N–H and O–H groups in total. The maximum atomic E-state index is 11.0. The van der Waals surface area contributed by atoms with Gasteiger partial charge >= 0.3 is 11.9 Å². The smallest absolute Gasteiger partial charge is 0.302 e. The maximum Gasteiger partial charge on any atom is 0.302 e. The second-order valence-electron chi connectivity index (χ2n) is 5.99. The van der Waals surface area contributed by atoms with Gasteiger partial charge in [0.05, 0.1) is 25.0 Å². The van der Waals surface area contributed by atoms with Gasteiger partial charge in [0.1, 0.15) is 13.2 Å². The molecule has 0 unspecified atom stereocenters. The van der Waals surface area contributed by atoms with E-state index in [4.69, 9.17) is 9.47 Å². The van der Waals surface area contributed by atoms with Gasteiger partial charge in [-0.3, -0.25) is 15.0 Å². The van der Waals surface area contributed by atoms with Crippen molar-refractivity contribution < 1.29 is 19.1 Å². The van der Waals surface area contributed by atoms with E-state index in [1.54, 1.807) is 6.21 Å². The Morgan fingerprint density at radius 2 is 1.50 bits per heavy atom. The van der Waals surface area contributed by atoms with E-state index in [-0.39, 0.29) is 25.2 Å². The van der Waals surface area contributed by atoms with Gasteiger partial charge < -0.3 is 14.4 Å². The summed E-state index contributed by atoms with van der Waals surface area (Å²) in [6, 6.07) is 17.5. The lowest BCUT2D eigenvalue weighted by molar-refractivity contribution is -0.141. The molecule has 7 nitrogen and oxygen atoms in total. The third-order valence-corrected chi connectivity index (χ3v) is 3.77. The van der Waals surface area contributed by atoms with Gasteiger partial charge in [-0.1, -0.05) is 30.3 Å². The van der Waals surface area contributed by atoms with Crippen LogP contribution in [0.3, 0.4) is 0 Å². The Morgan fingerprint density at radius 1 is 0.929 bits per heavy atom. The predicted octanol–water partition coefficient (Wildman–Crippen LogP) is 3.07. The minimum atomic E-state index is -0.322. The van der Waals surface area contributed by atoms with Crippen LogP contribution in [0.1, 0.15) is 19.4 Å². The summed E-state index contributed by atoms with van der Waals surface area (Å²) in [7, 11) is 0. The molecule has 2 rings (SSSR count). The van der Waals surface area contributed by atoms with Crippen LogP contribution >= 0.6 is 0 Å². The van der Waals surface area contributed by atoms with Gasteiger partial charge in [-0.25, -0.2) is 0 Å². The molecule has 0 aliphatic rings. The maximum absolute atomic E-state index is 11.0. The fraction of sp³-hybridized carbons (Fsp3) is 0.286. The van der Waals surface area contributed by atoms with Crippen molar-refractivity contribution in [1.29, 1.82) is 0 Å². The molecule has 0 atom stereocenters. The Balaban J connectivity index is 1.95. The normalized spacial score (nSPS) is 10.5. The number of carbonyl (C=O) groups excluding carboxylic acids is 2. The van der Waals surface area contributed by atoms with Gasteiger partial charge in [0.25, 0.3) is 0 Å². The van der Waals surface area contributed by atoms with E-state index in [2.05, 4.69) is 10.5 Å². The van der Waals surface area contributed by atoms with Crippen molar-refractivity contribution in [2.75, 3.05) is 36.6 Å². The fourth-order valence-electron chi connectivity index (χ4n) is 2.43. The Kier molecular flexibility index (Phi) is 8.52. The van der Waals surface area contributed by atoms with Crippen molar-refractivity contribution in [2.45, 2.75) is 13.8 Å². The molecule has 0 heterocycles. The SMILES string of the molecule is CC(=O)OCCN(CCOC(C)=O)c1ccc(C=NNc2ccccc2)cc1. The van der Waals surface area contributed by atoms with Gasteiger partial charge in [0, 0.05) is 19.5 Å². The summed E-state index contributed by atoms with van der Waals surface area (Å²) in [6.07, 6.45) is 1.73. The number of para-hydroxylation sites is 1.